The fourth-order valence-electron chi connectivity index (χ4n) is 3.36. The van der Waals surface area contributed by atoms with E-state index in [2.05, 4.69) is 20.3 Å². The molecular formula is C23H24FN5O3. The minimum absolute atomic E-state index is 0.0713. The number of carbonyl (C=O) groups is 1. The number of nitrogens with zero attached hydrogens (tertiary/aromatic N) is 4. The molecule has 1 amide bonds. The van der Waals surface area contributed by atoms with Crippen LogP contribution in [0.15, 0.2) is 54.9 Å². The van der Waals surface area contributed by atoms with Crippen LogP contribution >= 0.6 is 0 Å². The minimum atomic E-state index is -0.403. The number of ether oxygens (including phenoxy) is 2. The Balaban J connectivity index is 1.43. The van der Waals surface area contributed by atoms with Crippen molar-refractivity contribution in [2.24, 2.45) is 5.92 Å². The molecule has 32 heavy (non-hydrogen) atoms. The van der Waals surface area contributed by atoms with Gasteiger partial charge in [-0.2, -0.15) is 4.98 Å². The molecule has 1 fully saturated rings. The third kappa shape index (κ3) is 4.77. The summed E-state index contributed by atoms with van der Waals surface area (Å²) < 4.78 is 23.9. The van der Waals surface area contributed by atoms with Crippen LogP contribution in [0.3, 0.4) is 0 Å². The highest BCUT2D eigenvalue weighted by atomic mass is 19.1. The van der Waals surface area contributed by atoms with Crippen molar-refractivity contribution in [2.45, 2.75) is 32.9 Å². The Labute approximate surface area is 185 Å². The van der Waals surface area contributed by atoms with Gasteiger partial charge in [0, 0.05) is 6.20 Å². The third-order valence-corrected chi connectivity index (χ3v) is 5.16. The summed E-state index contributed by atoms with van der Waals surface area (Å²) in [5.74, 6) is 1.85. The lowest BCUT2D eigenvalue weighted by Gasteiger charge is -2.23. The first-order valence-electron chi connectivity index (χ1n) is 10.4. The predicted molar refractivity (Wildman–Crippen MR) is 117 cm³/mol. The van der Waals surface area contributed by atoms with Crippen LogP contribution in [0.2, 0.25) is 0 Å². The molecular weight excluding hydrogens is 413 g/mol. The Morgan fingerprint density at radius 2 is 1.84 bits per heavy atom. The molecule has 166 valence electrons. The SMILES string of the molecule is CC(C)[C@H]1COC(=O)N1c1ccnc(N[C@H](C)c2ccc(Oc3ccc(F)cc3)cn2)n1. The van der Waals surface area contributed by atoms with E-state index < -0.39 is 6.09 Å². The van der Waals surface area contributed by atoms with Crippen molar-refractivity contribution in [1.29, 1.82) is 0 Å². The van der Waals surface area contributed by atoms with Crippen molar-refractivity contribution >= 4 is 17.9 Å². The number of aromatic nitrogens is 3. The van der Waals surface area contributed by atoms with Gasteiger partial charge in [0.15, 0.2) is 0 Å². The van der Waals surface area contributed by atoms with Crippen molar-refractivity contribution in [3.63, 3.8) is 0 Å². The summed E-state index contributed by atoms with van der Waals surface area (Å²) in [5, 5.41) is 3.21. The molecule has 1 saturated heterocycles. The van der Waals surface area contributed by atoms with Gasteiger partial charge >= 0.3 is 6.09 Å². The van der Waals surface area contributed by atoms with Crippen molar-refractivity contribution in [1.82, 2.24) is 15.0 Å². The van der Waals surface area contributed by atoms with Gasteiger partial charge < -0.3 is 14.8 Å². The molecule has 3 aromatic rings. The zero-order chi connectivity index (χ0) is 22.7. The average Bonchev–Trinajstić information content (AvgIpc) is 3.18. The lowest BCUT2D eigenvalue weighted by Crippen LogP contribution is -2.37. The van der Waals surface area contributed by atoms with Crippen molar-refractivity contribution in [3.05, 3.63) is 66.4 Å². The van der Waals surface area contributed by atoms with Crippen LogP contribution in [-0.2, 0) is 4.74 Å². The Morgan fingerprint density at radius 1 is 1.09 bits per heavy atom. The van der Waals surface area contributed by atoms with Crippen LogP contribution in [0, 0.1) is 11.7 Å². The second kappa shape index (κ2) is 9.17. The first-order valence-corrected chi connectivity index (χ1v) is 10.4. The zero-order valence-corrected chi connectivity index (χ0v) is 18.0. The summed E-state index contributed by atoms with van der Waals surface area (Å²) in [5.41, 5.74) is 0.756. The van der Waals surface area contributed by atoms with Crippen LogP contribution < -0.4 is 15.0 Å². The number of halogens is 1. The smallest absolute Gasteiger partial charge is 0.415 e. The van der Waals surface area contributed by atoms with Crippen molar-refractivity contribution in [2.75, 3.05) is 16.8 Å². The fourth-order valence-corrected chi connectivity index (χ4v) is 3.36. The topological polar surface area (TPSA) is 89.5 Å². The largest absolute Gasteiger partial charge is 0.456 e. The molecule has 1 aliphatic rings. The average molecular weight is 437 g/mol. The monoisotopic (exact) mass is 437 g/mol. The van der Waals surface area contributed by atoms with Crippen LogP contribution in [0.5, 0.6) is 11.5 Å². The van der Waals surface area contributed by atoms with Crippen LogP contribution in [0.25, 0.3) is 0 Å². The van der Waals surface area contributed by atoms with Gasteiger partial charge in [0.05, 0.1) is 24.0 Å². The number of anilines is 2. The number of cyclic esters (lactones) is 1. The number of benzene rings is 1. The lowest BCUT2D eigenvalue weighted by molar-refractivity contribution is 0.177. The van der Waals surface area contributed by atoms with Gasteiger partial charge in [-0.3, -0.25) is 9.88 Å². The number of rotatable bonds is 7. The van der Waals surface area contributed by atoms with E-state index in [9.17, 15) is 9.18 Å². The fraction of sp³-hybridized carbons (Fsp3) is 0.304. The number of hydrogen-bond acceptors (Lipinski definition) is 7. The normalized spacial score (nSPS) is 16.7. The Kier molecular flexibility index (Phi) is 6.16. The first-order chi connectivity index (χ1) is 15.4. The standard InChI is InChI=1S/C23H24FN5O3/c1-14(2)20-13-31-23(30)29(20)21-10-11-25-22(28-21)27-15(3)19-9-8-18(12-26-19)32-17-6-4-16(24)5-7-17/h4-12,14-15,20H,13H2,1-3H3,(H,25,27,28)/t15-,20-/m1/s1. The zero-order valence-electron chi connectivity index (χ0n) is 18.0. The van der Waals surface area contributed by atoms with E-state index in [1.54, 1.807) is 41.6 Å². The quantitative estimate of drug-likeness (QED) is 0.559. The second-order valence-electron chi connectivity index (χ2n) is 7.84. The molecule has 4 rings (SSSR count). The van der Waals surface area contributed by atoms with Crippen LogP contribution in [0.1, 0.15) is 32.5 Å². The van der Waals surface area contributed by atoms with Gasteiger partial charge in [-0.05, 0) is 55.3 Å². The molecule has 0 radical (unpaired) electrons. The van der Waals surface area contributed by atoms with E-state index in [1.165, 1.54) is 12.1 Å². The van der Waals surface area contributed by atoms with E-state index >= 15 is 0 Å². The van der Waals surface area contributed by atoms with Gasteiger partial charge in [-0.25, -0.2) is 14.2 Å². The predicted octanol–water partition coefficient (Wildman–Crippen LogP) is 4.96. The summed E-state index contributed by atoms with van der Waals surface area (Å²) in [4.78, 5) is 27.0. The van der Waals surface area contributed by atoms with Gasteiger partial charge in [-0.15, -0.1) is 0 Å². The van der Waals surface area contributed by atoms with E-state index in [0.717, 1.165) is 5.69 Å². The summed E-state index contributed by atoms with van der Waals surface area (Å²) in [6.45, 7) is 6.35. The van der Waals surface area contributed by atoms with Crippen LogP contribution in [-0.4, -0.2) is 33.7 Å². The maximum Gasteiger partial charge on any atom is 0.415 e. The van der Waals surface area contributed by atoms with Crippen LogP contribution in [0.4, 0.5) is 21.0 Å². The molecule has 0 aliphatic carbocycles. The summed E-state index contributed by atoms with van der Waals surface area (Å²) in [6, 6.07) is 10.8. The number of carbonyl (C=O) groups excluding carboxylic acids is 1. The maximum absolute atomic E-state index is 13.0. The number of amides is 1. The number of hydrogen-bond donors (Lipinski definition) is 1. The maximum atomic E-state index is 13.0. The summed E-state index contributed by atoms with van der Waals surface area (Å²) in [7, 11) is 0. The van der Waals surface area contributed by atoms with Gasteiger partial charge in [-0.1, -0.05) is 13.8 Å². The number of pyridine rings is 1. The van der Waals surface area contributed by atoms with E-state index in [0.29, 0.717) is 29.9 Å². The molecule has 2 aromatic heterocycles. The second-order valence-corrected chi connectivity index (χ2v) is 7.84. The lowest BCUT2D eigenvalue weighted by atomic mass is 10.0. The van der Waals surface area contributed by atoms with Gasteiger partial charge in [0.25, 0.3) is 0 Å². The Hall–Kier alpha value is -3.75. The van der Waals surface area contributed by atoms with Crippen molar-refractivity contribution < 1.29 is 18.7 Å². The first kappa shape index (κ1) is 21.5. The Bertz CT molecular complexity index is 1080. The molecule has 9 heteroatoms. The molecule has 1 N–H and O–H groups in total. The van der Waals surface area contributed by atoms with E-state index in [4.69, 9.17) is 9.47 Å². The summed E-state index contributed by atoms with van der Waals surface area (Å²) in [6.07, 6.45) is 2.80. The molecule has 0 spiro atoms. The highest BCUT2D eigenvalue weighted by Gasteiger charge is 2.37. The van der Waals surface area contributed by atoms with Crippen molar-refractivity contribution in [3.8, 4) is 11.5 Å². The molecule has 0 bridgehead atoms. The summed E-state index contributed by atoms with van der Waals surface area (Å²) >= 11 is 0. The molecule has 1 aromatic carbocycles. The molecule has 2 atom stereocenters. The highest BCUT2D eigenvalue weighted by molar-refractivity contribution is 5.89. The third-order valence-electron chi connectivity index (χ3n) is 5.16. The minimum Gasteiger partial charge on any atom is -0.456 e. The molecule has 1 aliphatic heterocycles. The van der Waals surface area contributed by atoms with Gasteiger partial charge in [0.1, 0.15) is 29.7 Å². The molecule has 0 unspecified atom stereocenters. The van der Waals surface area contributed by atoms with Gasteiger partial charge in [0.2, 0.25) is 5.95 Å². The Morgan fingerprint density at radius 3 is 2.53 bits per heavy atom. The number of nitrogens with one attached hydrogen (secondary N) is 1. The molecule has 8 nitrogen and oxygen atoms in total. The van der Waals surface area contributed by atoms with E-state index in [1.807, 2.05) is 26.8 Å². The molecule has 0 saturated carbocycles. The highest BCUT2D eigenvalue weighted by Crippen LogP contribution is 2.27. The molecule has 3 heterocycles. The van der Waals surface area contributed by atoms with E-state index in [-0.39, 0.29) is 23.8 Å².